The first-order valence-corrected chi connectivity index (χ1v) is 4.74. The van der Waals surface area contributed by atoms with Gasteiger partial charge in [-0.1, -0.05) is 12.2 Å². The number of hydrogen-bond acceptors (Lipinski definition) is 4. The van der Waals surface area contributed by atoms with E-state index in [1.807, 2.05) is 6.26 Å². The van der Waals surface area contributed by atoms with Crippen molar-refractivity contribution in [1.82, 2.24) is 0 Å². The van der Waals surface area contributed by atoms with Crippen molar-refractivity contribution in [2.75, 3.05) is 18.6 Å². The molecule has 0 fully saturated rings. The monoisotopic (exact) mass is 168 g/mol. The molecule has 0 aromatic heterocycles. The van der Waals surface area contributed by atoms with Crippen LogP contribution in [0.5, 0.6) is 0 Å². The summed E-state index contributed by atoms with van der Waals surface area (Å²) >= 11 is 7.90. The third-order valence-electron chi connectivity index (χ3n) is 0.478. The fraction of sp³-hybridized carbons (Fsp3) is 0.750. The Balaban J connectivity index is 2.99. The Bertz CT molecular complexity index is 73.7. The predicted molar refractivity (Wildman–Crippen MR) is 45.7 cm³/mol. The van der Waals surface area contributed by atoms with Gasteiger partial charge < -0.3 is 5.11 Å². The lowest BCUT2D eigenvalue weighted by molar-refractivity contribution is 0.323. The Morgan fingerprint density at radius 3 is 2.75 bits per heavy atom. The zero-order valence-corrected chi connectivity index (χ0v) is 7.04. The van der Waals surface area contributed by atoms with E-state index in [4.69, 9.17) is 17.3 Å². The van der Waals surface area contributed by atoms with E-state index in [-0.39, 0.29) is 6.61 Å². The van der Waals surface area contributed by atoms with Gasteiger partial charge in [0, 0.05) is 5.75 Å². The first-order chi connectivity index (χ1) is 3.81. The molecule has 0 aliphatic carbocycles. The van der Waals surface area contributed by atoms with E-state index in [9.17, 15) is 0 Å². The Labute approximate surface area is 63.2 Å². The highest BCUT2D eigenvalue weighted by molar-refractivity contribution is 8.47. The molecule has 0 bridgehead atoms. The molecule has 0 heterocycles. The van der Waals surface area contributed by atoms with E-state index in [0.717, 1.165) is 9.28 Å². The molecule has 0 aliphatic heterocycles. The minimum Gasteiger partial charge on any atom is -0.396 e. The van der Waals surface area contributed by atoms with Crippen LogP contribution in [-0.4, -0.2) is 27.3 Å². The van der Waals surface area contributed by atoms with Crippen molar-refractivity contribution < 1.29 is 5.11 Å². The summed E-state index contributed by atoms with van der Waals surface area (Å²) in [5.74, 6) is 0.722. The van der Waals surface area contributed by atoms with Gasteiger partial charge in [-0.15, -0.1) is 23.5 Å². The van der Waals surface area contributed by atoms with E-state index in [1.165, 1.54) is 11.8 Å². The van der Waals surface area contributed by atoms with Crippen molar-refractivity contribution in [1.29, 1.82) is 0 Å². The maximum atomic E-state index is 8.32. The average molecular weight is 168 g/mol. The number of aliphatic hydroxyl groups excluding tert-OH is 1. The number of thiocarbonyl (C=S) groups is 1. The maximum Gasteiger partial charge on any atom is 0.104 e. The molecule has 0 saturated heterocycles. The van der Waals surface area contributed by atoms with Gasteiger partial charge in [0.25, 0.3) is 0 Å². The molecule has 0 spiro atoms. The minimum absolute atomic E-state index is 0.214. The summed E-state index contributed by atoms with van der Waals surface area (Å²) in [6, 6.07) is 0. The second-order valence-corrected chi connectivity index (χ2v) is 4.13. The van der Waals surface area contributed by atoms with Gasteiger partial charge >= 0.3 is 0 Å². The van der Waals surface area contributed by atoms with E-state index in [2.05, 4.69) is 0 Å². The summed E-state index contributed by atoms with van der Waals surface area (Å²) in [4.78, 5) is 0. The van der Waals surface area contributed by atoms with Crippen LogP contribution >= 0.6 is 35.7 Å². The molecule has 8 heavy (non-hydrogen) atoms. The standard InChI is InChI=1S/C4H8OS3/c1-7-4(6)8-3-2-5/h5H,2-3H2,1H3. The summed E-state index contributed by atoms with van der Waals surface area (Å²) in [6.45, 7) is 0.214. The molecule has 0 unspecified atom stereocenters. The highest BCUT2D eigenvalue weighted by Crippen LogP contribution is 2.12. The molecule has 48 valence electrons. The van der Waals surface area contributed by atoms with Gasteiger partial charge in [0.2, 0.25) is 0 Å². The van der Waals surface area contributed by atoms with Crippen LogP contribution in [0, 0.1) is 0 Å². The van der Waals surface area contributed by atoms with Gasteiger partial charge in [-0.05, 0) is 6.26 Å². The molecule has 0 aromatic carbocycles. The third-order valence-corrected chi connectivity index (χ3v) is 3.14. The lowest BCUT2D eigenvalue weighted by Crippen LogP contribution is -1.88. The Morgan fingerprint density at radius 1 is 1.75 bits per heavy atom. The topological polar surface area (TPSA) is 20.2 Å². The highest BCUT2D eigenvalue weighted by atomic mass is 32.2. The number of aliphatic hydroxyl groups is 1. The molecule has 0 aromatic rings. The van der Waals surface area contributed by atoms with Crippen molar-refractivity contribution in [3.05, 3.63) is 0 Å². The zero-order valence-electron chi connectivity index (χ0n) is 4.59. The molecule has 1 nitrogen and oxygen atoms in total. The van der Waals surface area contributed by atoms with Gasteiger partial charge in [-0.25, -0.2) is 0 Å². The van der Waals surface area contributed by atoms with Crippen molar-refractivity contribution in [2.45, 2.75) is 0 Å². The Kier molecular flexibility index (Phi) is 6.43. The van der Waals surface area contributed by atoms with Gasteiger partial charge in [0.15, 0.2) is 0 Å². The number of thioether (sulfide) groups is 2. The molecule has 0 rings (SSSR count). The first-order valence-electron chi connectivity index (χ1n) is 2.13. The van der Waals surface area contributed by atoms with Crippen LogP contribution in [0.1, 0.15) is 0 Å². The van der Waals surface area contributed by atoms with Crippen molar-refractivity contribution >= 4 is 39.3 Å². The zero-order chi connectivity index (χ0) is 6.41. The van der Waals surface area contributed by atoms with Crippen LogP contribution in [0.2, 0.25) is 0 Å². The largest absolute Gasteiger partial charge is 0.396 e. The molecule has 0 radical (unpaired) electrons. The fourth-order valence-electron chi connectivity index (χ4n) is 0.188. The van der Waals surface area contributed by atoms with Crippen LogP contribution in [0.25, 0.3) is 0 Å². The summed E-state index contributed by atoms with van der Waals surface area (Å²) in [7, 11) is 0. The first kappa shape index (κ1) is 8.75. The quantitative estimate of drug-likeness (QED) is 0.628. The van der Waals surface area contributed by atoms with Crippen molar-refractivity contribution in [3.8, 4) is 0 Å². The second kappa shape index (κ2) is 5.88. The second-order valence-electron chi connectivity index (χ2n) is 1.03. The predicted octanol–water partition coefficient (Wildman–Crippen LogP) is 1.36. The van der Waals surface area contributed by atoms with Crippen LogP contribution in [-0.2, 0) is 0 Å². The highest BCUT2D eigenvalue weighted by Gasteiger charge is 1.90. The van der Waals surface area contributed by atoms with Crippen LogP contribution in [0.4, 0.5) is 0 Å². The summed E-state index contributed by atoms with van der Waals surface area (Å²) in [6.07, 6.45) is 1.94. The molecule has 0 atom stereocenters. The van der Waals surface area contributed by atoms with Gasteiger partial charge in [0.05, 0.1) is 6.61 Å². The fourth-order valence-corrected chi connectivity index (χ4v) is 1.42. The van der Waals surface area contributed by atoms with E-state index < -0.39 is 0 Å². The normalized spacial score (nSPS) is 9.25. The van der Waals surface area contributed by atoms with E-state index >= 15 is 0 Å². The van der Waals surface area contributed by atoms with Crippen molar-refractivity contribution in [2.24, 2.45) is 0 Å². The third kappa shape index (κ3) is 4.90. The lowest BCUT2D eigenvalue weighted by Gasteiger charge is -1.93. The molecule has 0 aliphatic rings. The van der Waals surface area contributed by atoms with E-state index in [1.54, 1.807) is 11.8 Å². The molecule has 4 heteroatoms. The lowest BCUT2D eigenvalue weighted by atomic mass is 10.9. The van der Waals surface area contributed by atoms with Gasteiger partial charge in [0.1, 0.15) is 3.53 Å². The summed E-state index contributed by atoms with van der Waals surface area (Å²) in [5.41, 5.74) is 0. The SMILES string of the molecule is CSC(=S)SCCO. The number of rotatable bonds is 2. The summed E-state index contributed by atoms with van der Waals surface area (Å²) < 4.78 is 0.902. The van der Waals surface area contributed by atoms with E-state index in [0.29, 0.717) is 0 Å². The van der Waals surface area contributed by atoms with Crippen LogP contribution < -0.4 is 0 Å². The van der Waals surface area contributed by atoms with Crippen LogP contribution in [0.3, 0.4) is 0 Å². The van der Waals surface area contributed by atoms with Gasteiger partial charge in [-0.3, -0.25) is 0 Å². The smallest absolute Gasteiger partial charge is 0.104 e. The van der Waals surface area contributed by atoms with Gasteiger partial charge in [-0.2, -0.15) is 0 Å². The Morgan fingerprint density at radius 2 is 2.38 bits per heavy atom. The molecule has 0 amide bonds. The minimum atomic E-state index is 0.214. The van der Waals surface area contributed by atoms with Crippen LogP contribution in [0.15, 0.2) is 0 Å². The Hall–Kier alpha value is 0.750. The van der Waals surface area contributed by atoms with Crippen molar-refractivity contribution in [3.63, 3.8) is 0 Å². The summed E-state index contributed by atoms with van der Waals surface area (Å²) in [5, 5.41) is 8.32. The number of hydrogen-bond donors (Lipinski definition) is 1. The molecular formula is C4H8OS3. The molecule has 1 N–H and O–H groups in total. The molecule has 0 saturated carbocycles. The average Bonchev–Trinajstić information content (AvgIpc) is 1.83. The molecular weight excluding hydrogens is 160 g/mol. The maximum absolute atomic E-state index is 8.32.